The van der Waals surface area contributed by atoms with Gasteiger partial charge >= 0.3 is 0 Å². The fraction of sp³-hybridized carbons (Fsp3) is 0.192. The van der Waals surface area contributed by atoms with Crippen LogP contribution in [0.15, 0.2) is 60.9 Å². The zero-order chi connectivity index (χ0) is 22.4. The first-order valence-electron chi connectivity index (χ1n) is 10.9. The maximum atomic E-state index is 6.11. The van der Waals surface area contributed by atoms with Crippen LogP contribution in [0.25, 0.3) is 33.1 Å². The van der Waals surface area contributed by atoms with E-state index in [1.54, 1.807) is 13.4 Å². The second kappa shape index (κ2) is 7.78. The Kier molecular flexibility index (Phi) is 4.61. The van der Waals surface area contributed by atoms with Crippen LogP contribution in [0.1, 0.15) is 11.4 Å². The van der Waals surface area contributed by atoms with Gasteiger partial charge in [0.1, 0.15) is 29.7 Å². The van der Waals surface area contributed by atoms with Crippen LogP contribution in [0.3, 0.4) is 0 Å². The number of hydrogen-bond acceptors (Lipinski definition) is 6. The fourth-order valence-corrected chi connectivity index (χ4v) is 4.44. The van der Waals surface area contributed by atoms with Crippen molar-refractivity contribution >= 4 is 27.8 Å². The summed E-state index contributed by atoms with van der Waals surface area (Å²) in [6, 6.07) is 18.6. The molecule has 1 aliphatic rings. The molecule has 0 saturated heterocycles. The van der Waals surface area contributed by atoms with Gasteiger partial charge in [-0.3, -0.25) is 0 Å². The van der Waals surface area contributed by atoms with Gasteiger partial charge < -0.3 is 19.4 Å². The van der Waals surface area contributed by atoms with Crippen LogP contribution in [-0.4, -0.2) is 40.2 Å². The molecule has 0 unspecified atom stereocenters. The van der Waals surface area contributed by atoms with Gasteiger partial charge in [0.05, 0.1) is 36.5 Å². The van der Waals surface area contributed by atoms with Crippen LogP contribution < -0.4 is 14.4 Å². The highest BCUT2D eigenvalue weighted by molar-refractivity contribution is 5.90. The minimum atomic E-state index is 0.590. The second-order valence-corrected chi connectivity index (χ2v) is 8.20. The smallest absolute Gasteiger partial charge is 0.140 e. The van der Waals surface area contributed by atoms with Crippen molar-refractivity contribution in [1.82, 2.24) is 19.9 Å². The minimum absolute atomic E-state index is 0.590. The number of fused-ring (bicyclic) bond motifs is 3. The lowest BCUT2D eigenvalue weighted by molar-refractivity contribution is 0.331. The molecular weight excluding hydrogens is 414 g/mol. The van der Waals surface area contributed by atoms with Gasteiger partial charge in [-0.1, -0.05) is 12.1 Å². The lowest BCUT2D eigenvalue weighted by Crippen LogP contribution is -2.26. The van der Waals surface area contributed by atoms with Gasteiger partial charge in [0.2, 0.25) is 0 Å². The van der Waals surface area contributed by atoms with E-state index in [9.17, 15) is 0 Å². The Morgan fingerprint density at radius 2 is 1.85 bits per heavy atom. The number of benzene rings is 3. The molecule has 33 heavy (non-hydrogen) atoms. The van der Waals surface area contributed by atoms with Crippen molar-refractivity contribution < 1.29 is 9.47 Å². The van der Waals surface area contributed by atoms with Gasteiger partial charge in [-0.2, -0.15) is 0 Å². The molecule has 1 aliphatic heterocycles. The number of nitrogens with one attached hydrogen (secondary N) is 1. The second-order valence-electron chi connectivity index (χ2n) is 8.20. The molecule has 0 radical (unpaired) electrons. The van der Waals surface area contributed by atoms with Crippen molar-refractivity contribution in [2.45, 2.75) is 13.5 Å². The fourth-order valence-electron chi connectivity index (χ4n) is 4.44. The maximum absolute atomic E-state index is 6.11. The lowest BCUT2D eigenvalue weighted by atomic mass is 10.0. The van der Waals surface area contributed by atoms with Crippen LogP contribution in [0, 0.1) is 6.92 Å². The topological polar surface area (TPSA) is 76.2 Å². The number of anilines is 1. The van der Waals surface area contributed by atoms with Crippen LogP contribution in [0.2, 0.25) is 0 Å². The molecule has 0 bridgehead atoms. The van der Waals surface area contributed by atoms with E-state index in [0.29, 0.717) is 13.2 Å². The molecule has 7 heteroatoms. The summed E-state index contributed by atoms with van der Waals surface area (Å²) in [5.41, 5.74) is 6.28. The number of nitrogens with zero attached hydrogens (tertiary/aromatic N) is 4. The summed E-state index contributed by atoms with van der Waals surface area (Å²) in [6.07, 6.45) is 1.72. The van der Waals surface area contributed by atoms with Crippen molar-refractivity contribution in [3.63, 3.8) is 0 Å². The standard InChI is InChI=1S/C26H23N5O2/c1-16-29-23-13-20(32-2)5-6-21(23)26(30-16)31-9-10-33-25-8-4-17(11-19(25)14-31)18-3-7-22-24(12-18)28-15-27-22/h3-8,11-13,15H,9-10,14H2,1-2H3,(H,27,28). The van der Waals surface area contributed by atoms with Gasteiger partial charge in [0, 0.05) is 23.6 Å². The highest BCUT2D eigenvalue weighted by atomic mass is 16.5. The van der Waals surface area contributed by atoms with Gasteiger partial charge in [-0.25, -0.2) is 15.0 Å². The molecule has 0 atom stereocenters. The summed E-state index contributed by atoms with van der Waals surface area (Å²) in [7, 11) is 1.67. The van der Waals surface area contributed by atoms with Gasteiger partial charge in [-0.05, 0) is 54.4 Å². The van der Waals surface area contributed by atoms with E-state index in [1.807, 2.05) is 31.2 Å². The number of ether oxygens (including phenoxy) is 2. The Balaban J connectivity index is 1.40. The van der Waals surface area contributed by atoms with E-state index in [0.717, 1.165) is 68.3 Å². The predicted molar refractivity (Wildman–Crippen MR) is 129 cm³/mol. The minimum Gasteiger partial charge on any atom is -0.497 e. The Labute approximate surface area is 191 Å². The van der Waals surface area contributed by atoms with E-state index in [4.69, 9.17) is 14.5 Å². The summed E-state index contributed by atoms with van der Waals surface area (Å²) in [5, 5.41) is 1.01. The van der Waals surface area contributed by atoms with Gasteiger partial charge in [0.25, 0.3) is 0 Å². The van der Waals surface area contributed by atoms with Crippen LogP contribution >= 0.6 is 0 Å². The molecule has 0 aliphatic carbocycles. The Morgan fingerprint density at radius 1 is 0.970 bits per heavy atom. The average Bonchev–Trinajstić information content (AvgIpc) is 3.20. The van der Waals surface area contributed by atoms with Crippen molar-refractivity contribution in [3.8, 4) is 22.6 Å². The third-order valence-electron chi connectivity index (χ3n) is 6.09. The molecule has 0 amide bonds. The van der Waals surface area contributed by atoms with Crippen LogP contribution in [0.5, 0.6) is 11.5 Å². The normalized spacial score (nSPS) is 13.6. The highest BCUT2D eigenvalue weighted by Gasteiger charge is 2.20. The molecule has 0 fully saturated rings. The monoisotopic (exact) mass is 437 g/mol. The summed E-state index contributed by atoms with van der Waals surface area (Å²) in [6.45, 7) is 3.95. The summed E-state index contributed by atoms with van der Waals surface area (Å²) in [5.74, 6) is 3.36. The number of H-pyrrole nitrogens is 1. The third kappa shape index (κ3) is 3.51. The zero-order valence-corrected chi connectivity index (χ0v) is 18.5. The molecule has 7 nitrogen and oxygen atoms in total. The molecule has 0 spiro atoms. The van der Waals surface area contributed by atoms with E-state index < -0.39 is 0 Å². The molecular formula is C26H23N5O2. The molecule has 2 aromatic heterocycles. The molecule has 5 aromatic rings. The van der Waals surface area contributed by atoms with E-state index >= 15 is 0 Å². The van der Waals surface area contributed by atoms with Crippen molar-refractivity contribution in [3.05, 3.63) is 72.3 Å². The van der Waals surface area contributed by atoms with E-state index in [2.05, 4.69) is 50.2 Å². The molecule has 0 saturated carbocycles. The Morgan fingerprint density at radius 3 is 2.76 bits per heavy atom. The number of imidazole rings is 1. The van der Waals surface area contributed by atoms with E-state index in [-0.39, 0.29) is 0 Å². The molecule has 1 N–H and O–H groups in total. The zero-order valence-electron chi connectivity index (χ0n) is 18.5. The molecule has 6 rings (SSSR count). The Bertz CT molecular complexity index is 1490. The number of aromatic amines is 1. The number of hydrogen-bond donors (Lipinski definition) is 1. The highest BCUT2D eigenvalue weighted by Crippen LogP contribution is 2.34. The summed E-state index contributed by atoms with van der Waals surface area (Å²) < 4.78 is 11.5. The van der Waals surface area contributed by atoms with Gasteiger partial charge in [-0.15, -0.1) is 0 Å². The van der Waals surface area contributed by atoms with E-state index in [1.165, 1.54) is 0 Å². The Hall–Kier alpha value is -4.13. The predicted octanol–water partition coefficient (Wildman–Crippen LogP) is 4.89. The summed E-state index contributed by atoms with van der Waals surface area (Å²) in [4.78, 5) is 19.2. The van der Waals surface area contributed by atoms with Crippen molar-refractivity contribution in [2.24, 2.45) is 0 Å². The summed E-state index contributed by atoms with van der Waals surface area (Å²) >= 11 is 0. The SMILES string of the molecule is COc1ccc2c(N3CCOc4ccc(-c5ccc6nc[nH]c6c5)cc4C3)nc(C)nc2c1. The first-order valence-corrected chi connectivity index (χ1v) is 10.9. The van der Waals surface area contributed by atoms with Gasteiger partial charge in [0.15, 0.2) is 0 Å². The van der Waals surface area contributed by atoms with Crippen molar-refractivity contribution in [1.29, 1.82) is 0 Å². The van der Waals surface area contributed by atoms with Crippen molar-refractivity contribution in [2.75, 3.05) is 25.2 Å². The van der Waals surface area contributed by atoms with Crippen LogP contribution in [0.4, 0.5) is 5.82 Å². The first kappa shape index (κ1) is 19.5. The number of aryl methyl sites for hydroxylation is 1. The van der Waals surface area contributed by atoms with Crippen LogP contribution in [-0.2, 0) is 6.54 Å². The lowest BCUT2D eigenvalue weighted by Gasteiger charge is -2.23. The quantitative estimate of drug-likeness (QED) is 0.433. The molecule has 164 valence electrons. The molecule has 3 aromatic carbocycles. The number of rotatable bonds is 3. The average molecular weight is 438 g/mol. The molecule has 3 heterocycles. The number of aromatic nitrogens is 4. The maximum Gasteiger partial charge on any atom is 0.140 e. The number of methoxy groups -OCH3 is 1. The largest absolute Gasteiger partial charge is 0.497 e. The third-order valence-corrected chi connectivity index (χ3v) is 6.09. The first-order chi connectivity index (χ1) is 16.2.